The average Bonchev–Trinajstić information content (AvgIpc) is 2.51. The molecule has 0 aliphatic heterocycles. The summed E-state index contributed by atoms with van der Waals surface area (Å²) in [5, 5.41) is 8.56. The lowest BCUT2D eigenvalue weighted by molar-refractivity contribution is -0.133. The molecule has 0 aliphatic rings. The molecule has 0 saturated carbocycles. The number of carbonyl (C=O) groups is 1. The van der Waals surface area contributed by atoms with Crippen molar-refractivity contribution in [3.05, 3.63) is 65.7 Å². The van der Waals surface area contributed by atoms with E-state index in [2.05, 4.69) is 0 Å². The van der Waals surface area contributed by atoms with E-state index in [1.165, 1.54) is 17.3 Å². The SMILES string of the molecule is O=C(O)CSCCc1ccc(OCc2ccccc2)cc1. The Balaban J connectivity index is 1.75. The summed E-state index contributed by atoms with van der Waals surface area (Å²) in [6.07, 6.45) is 0.872. The Hall–Kier alpha value is -1.94. The first-order valence-corrected chi connectivity index (χ1v) is 7.95. The first-order valence-electron chi connectivity index (χ1n) is 6.79. The average molecular weight is 302 g/mol. The number of benzene rings is 2. The molecule has 2 aromatic rings. The quantitative estimate of drug-likeness (QED) is 0.756. The molecular formula is C17H18O3S. The Kier molecular flexibility index (Phi) is 6.16. The number of hydrogen-bond acceptors (Lipinski definition) is 3. The van der Waals surface area contributed by atoms with Crippen LogP contribution in [0.1, 0.15) is 11.1 Å². The van der Waals surface area contributed by atoms with Crippen molar-refractivity contribution in [3.8, 4) is 5.75 Å². The Labute approximate surface area is 129 Å². The van der Waals surface area contributed by atoms with Crippen LogP contribution in [-0.4, -0.2) is 22.6 Å². The molecule has 0 bridgehead atoms. The minimum atomic E-state index is -0.760. The number of rotatable bonds is 8. The van der Waals surface area contributed by atoms with E-state index in [4.69, 9.17) is 9.84 Å². The molecule has 0 unspecified atom stereocenters. The first-order chi connectivity index (χ1) is 10.2. The summed E-state index contributed by atoms with van der Waals surface area (Å²) in [5.41, 5.74) is 2.34. The van der Waals surface area contributed by atoms with Crippen molar-refractivity contribution in [1.82, 2.24) is 0 Å². The monoisotopic (exact) mass is 302 g/mol. The lowest BCUT2D eigenvalue weighted by Gasteiger charge is -2.07. The molecule has 0 atom stereocenters. The predicted octanol–water partition coefficient (Wildman–Crippen LogP) is 3.63. The largest absolute Gasteiger partial charge is 0.489 e. The van der Waals surface area contributed by atoms with Gasteiger partial charge in [0.1, 0.15) is 12.4 Å². The van der Waals surface area contributed by atoms with Gasteiger partial charge in [-0.15, -0.1) is 11.8 Å². The van der Waals surface area contributed by atoms with E-state index in [0.717, 1.165) is 23.5 Å². The number of carboxylic acid groups (broad SMARTS) is 1. The van der Waals surface area contributed by atoms with Crippen LogP contribution in [-0.2, 0) is 17.8 Å². The second-order valence-corrected chi connectivity index (χ2v) is 5.72. The van der Waals surface area contributed by atoms with Gasteiger partial charge in [0.05, 0.1) is 5.75 Å². The summed E-state index contributed by atoms with van der Waals surface area (Å²) < 4.78 is 5.72. The normalized spacial score (nSPS) is 10.3. The molecule has 0 aromatic heterocycles. The Morgan fingerprint density at radius 3 is 2.38 bits per heavy atom. The maximum absolute atomic E-state index is 10.4. The van der Waals surface area contributed by atoms with E-state index in [9.17, 15) is 4.79 Å². The van der Waals surface area contributed by atoms with Gasteiger partial charge in [0.25, 0.3) is 0 Å². The highest BCUT2D eigenvalue weighted by Gasteiger charge is 1.99. The smallest absolute Gasteiger partial charge is 0.313 e. The Morgan fingerprint density at radius 1 is 1.00 bits per heavy atom. The van der Waals surface area contributed by atoms with E-state index < -0.39 is 5.97 Å². The van der Waals surface area contributed by atoms with E-state index in [1.54, 1.807) is 0 Å². The van der Waals surface area contributed by atoms with Crippen molar-refractivity contribution in [1.29, 1.82) is 0 Å². The third kappa shape index (κ3) is 5.92. The van der Waals surface area contributed by atoms with Gasteiger partial charge in [-0.3, -0.25) is 4.79 Å². The second kappa shape index (κ2) is 8.37. The van der Waals surface area contributed by atoms with Crippen molar-refractivity contribution in [2.75, 3.05) is 11.5 Å². The van der Waals surface area contributed by atoms with E-state index in [1.807, 2.05) is 54.6 Å². The van der Waals surface area contributed by atoms with E-state index in [-0.39, 0.29) is 5.75 Å². The van der Waals surface area contributed by atoms with Crippen LogP contribution in [0.3, 0.4) is 0 Å². The maximum Gasteiger partial charge on any atom is 0.313 e. The summed E-state index contributed by atoms with van der Waals surface area (Å²) in [4.78, 5) is 10.4. The fourth-order valence-electron chi connectivity index (χ4n) is 1.84. The number of carboxylic acids is 1. The molecule has 2 rings (SSSR count). The van der Waals surface area contributed by atoms with Gasteiger partial charge in [-0.25, -0.2) is 0 Å². The van der Waals surface area contributed by atoms with Crippen molar-refractivity contribution >= 4 is 17.7 Å². The van der Waals surface area contributed by atoms with Crippen LogP contribution >= 0.6 is 11.8 Å². The van der Waals surface area contributed by atoms with Crippen LogP contribution < -0.4 is 4.74 Å². The summed E-state index contributed by atoms with van der Waals surface area (Å²) in [7, 11) is 0. The fourth-order valence-corrected chi connectivity index (χ4v) is 2.54. The molecule has 110 valence electrons. The molecule has 0 fully saturated rings. The zero-order valence-corrected chi connectivity index (χ0v) is 12.5. The zero-order chi connectivity index (χ0) is 14.9. The van der Waals surface area contributed by atoms with Gasteiger partial charge in [-0.1, -0.05) is 42.5 Å². The molecule has 21 heavy (non-hydrogen) atoms. The van der Waals surface area contributed by atoms with Gasteiger partial charge in [-0.2, -0.15) is 0 Å². The number of hydrogen-bond donors (Lipinski definition) is 1. The number of aryl methyl sites for hydroxylation is 1. The lowest BCUT2D eigenvalue weighted by atomic mass is 10.2. The molecule has 0 heterocycles. The molecule has 1 N–H and O–H groups in total. The van der Waals surface area contributed by atoms with E-state index in [0.29, 0.717) is 6.61 Å². The third-order valence-electron chi connectivity index (χ3n) is 2.93. The first kappa shape index (κ1) is 15.4. The fraction of sp³-hybridized carbons (Fsp3) is 0.235. The van der Waals surface area contributed by atoms with Crippen LogP contribution in [0.2, 0.25) is 0 Å². The Morgan fingerprint density at radius 2 is 1.71 bits per heavy atom. The van der Waals surface area contributed by atoms with Gasteiger partial charge in [-0.05, 0) is 35.4 Å². The molecular weight excluding hydrogens is 284 g/mol. The standard InChI is InChI=1S/C17H18O3S/c18-17(19)13-21-11-10-14-6-8-16(9-7-14)20-12-15-4-2-1-3-5-15/h1-9H,10-13H2,(H,18,19). The van der Waals surface area contributed by atoms with Crippen LogP contribution in [0.25, 0.3) is 0 Å². The molecule has 3 nitrogen and oxygen atoms in total. The van der Waals surface area contributed by atoms with Crippen molar-refractivity contribution < 1.29 is 14.6 Å². The number of thioether (sulfide) groups is 1. The highest BCUT2D eigenvalue weighted by Crippen LogP contribution is 2.15. The summed E-state index contributed by atoms with van der Waals surface area (Å²) in [6.45, 7) is 0.564. The van der Waals surface area contributed by atoms with Gasteiger partial charge < -0.3 is 9.84 Å². The van der Waals surface area contributed by atoms with Gasteiger partial charge >= 0.3 is 5.97 Å². The number of ether oxygens (including phenoxy) is 1. The minimum absolute atomic E-state index is 0.165. The van der Waals surface area contributed by atoms with Crippen LogP contribution in [0.15, 0.2) is 54.6 Å². The molecule has 0 amide bonds. The van der Waals surface area contributed by atoms with Gasteiger partial charge in [0.2, 0.25) is 0 Å². The summed E-state index contributed by atoms with van der Waals surface area (Å²) >= 11 is 1.44. The molecule has 0 radical (unpaired) electrons. The topological polar surface area (TPSA) is 46.5 Å². The van der Waals surface area contributed by atoms with Gasteiger partial charge in [0, 0.05) is 0 Å². The highest BCUT2D eigenvalue weighted by atomic mass is 32.2. The third-order valence-corrected chi connectivity index (χ3v) is 3.88. The van der Waals surface area contributed by atoms with Gasteiger partial charge in [0.15, 0.2) is 0 Å². The van der Waals surface area contributed by atoms with Crippen LogP contribution in [0, 0.1) is 0 Å². The second-order valence-electron chi connectivity index (χ2n) is 4.61. The Bertz CT molecular complexity index is 552. The lowest BCUT2D eigenvalue weighted by Crippen LogP contribution is -2.00. The summed E-state index contributed by atoms with van der Waals surface area (Å²) in [5.74, 6) is 1.07. The molecule has 2 aromatic carbocycles. The molecule has 0 spiro atoms. The van der Waals surface area contributed by atoms with Crippen LogP contribution in [0.5, 0.6) is 5.75 Å². The highest BCUT2D eigenvalue weighted by molar-refractivity contribution is 7.99. The van der Waals surface area contributed by atoms with Crippen molar-refractivity contribution in [3.63, 3.8) is 0 Å². The minimum Gasteiger partial charge on any atom is -0.489 e. The van der Waals surface area contributed by atoms with Crippen LogP contribution in [0.4, 0.5) is 0 Å². The molecule has 0 saturated heterocycles. The number of aliphatic carboxylic acids is 1. The molecule has 4 heteroatoms. The van der Waals surface area contributed by atoms with Crippen molar-refractivity contribution in [2.45, 2.75) is 13.0 Å². The van der Waals surface area contributed by atoms with E-state index >= 15 is 0 Å². The van der Waals surface area contributed by atoms with Crippen molar-refractivity contribution in [2.24, 2.45) is 0 Å². The maximum atomic E-state index is 10.4. The zero-order valence-electron chi connectivity index (χ0n) is 11.7. The summed E-state index contributed by atoms with van der Waals surface area (Å²) in [6, 6.07) is 18.0. The molecule has 0 aliphatic carbocycles. The predicted molar refractivity (Wildman–Crippen MR) is 85.9 cm³/mol.